The zero-order valence-corrected chi connectivity index (χ0v) is 8.53. The summed E-state index contributed by atoms with van der Waals surface area (Å²) in [5, 5.41) is 14.4. The maximum Gasteiger partial charge on any atom is 0.160 e. The van der Waals surface area contributed by atoms with Gasteiger partial charge in [0.2, 0.25) is 0 Å². The van der Waals surface area contributed by atoms with Crippen molar-refractivity contribution in [2.45, 2.75) is 19.1 Å². The first-order chi connectivity index (χ1) is 6.77. The topological polar surface area (TPSA) is 59.9 Å². The molecule has 0 aliphatic carbocycles. The minimum atomic E-state index is -0.0748. The minimum absolute atomic E-state index is 0.0748. The first-order valence-corrected chi connectivity index (χ1v) is 4.85. The van der Waals surface area contributed by atoms with Crippen LogP contribution in [0.15, 0.2) is 6.20 Å². The average Bonchev–Trinajstić information content (AvgIpc) is 2.18. The molecule has 2 unspecified atom stereocenters. The van der Waals surface area contributed by atoms with Gasteiger partial charge >= 0.3 is 0 Å². The molecule has 1 aliphatic heterocycles. The van der Waals surface area contributed by atoms with Gasteiger partial charge < -0.3 is 10.1 Å². The van der Waals surface area contributed by atoms with Crippen LogP contribution < -0.4 is 5.32 Å². The molecule has 0 radical (unpaired) electrons. The Hall–Kier alpha value is -0.780. The van der Waals surface area contributed by atoms with Crippen LogP contribution in [-0.4, -0.2) is 34.6 Å². The van der Waals surface area contributed by atoms with Crippen LogP contribution >= 0.6 is 11.6 Å². The number of halogens is 1. The van der Waals surface area contributed by atoms with Crippen molar-refractivity contribution in [3.8, 4) is 0 Å². The Kier molecular flexibility index (Phi) is 2.90. The van der Waals surface area contributed by atoms with Crippen molar-refractivity contribution in [3.63, 3.8) is 0 Å². The van der Waals surface area contributed by atoms with E-state index < -0.39 is 0 Å². The summed E-state index contributed by atoms with van der Waals surface area (Å²) in [6.07, 6.45) is 1.70. The lowest BCUT2D eigenvalue weighted by atomic mass is 10.1. The monoisotopic (exact) mass is 214 g/mol. The Bertz CT molecular complexity index is 322. The minimum Gasteiger partial charge on any atom is -0.368 e. The molecule has 1 saturated heterocycles. The molecule has 2 heterocycles. The van der Waals surface area contributed by atoms with Gasteiger partial charge in [0.25, 0.3) is 0 Å². The summed E-state index contributed by atoms with van der Waals surface area (Å²) in [4.78, 5) is 0. The zero-order chi connectivity index (χ0) is 9.97. The van der Waals surface area contributed by atoms with Gasteiger partial charge in [0.15, 0.2) is 5.15 Å². The Morgan fingerprint density at radius 1 is 1.57 bits per heavy atom. The van der Waals surface area contributed by atoms with Gasteiger partial charge in [-0.15, -0.1) is 10.2 Å². The Morgan fingerprint density at radius 3 is 3.14 bits per heavy atom. The highest BCUT2D eigenvalue weighted by atomic mass is 35.5. The number of aromatic nitrogens is 3. The van der Waals surface area contributed by atoms with Crippen LogP contribution in [0, 0.1) is 0 Å². The highest BCUT2D eigenvalue weighted by molar-refractivity contribution is 6.30. The lowest BCUT2D eigenvalue weighted by molar-refractivity contribution is -0.0290. The largest absolute Gasteiger partial charge is 0.368 e. The molecule has 1 aliphatic rings. The molecule has 0 amide bonds. The summed E-state index contributed by atoms with van der Waals surface area (Å²) in [5.74, 6) is 0. The van der Waals surface area contributed by atoms with Crippen molar-refractivity contribution >= 4 is 11.6 Å². The van der Waals surface area contributed by atoms with Crippen molar-refractivity contribution in [1.29, 1.82) is 0 Å². The molecular weight excluding hydrogens is 204 g/mol. The molecule has 2 atom stereocenters. The smallest absolute Gasteiger partial charge is 0.160 e. The molecule has 1 N–H and O–H groups in total. The fourth-order valence-electron chi connectivity index (χ4n) is 1.46. The summed E-state index contributed by atoms with van der Waals surface area (Å²) in [6, 6.07) is 0. The molecule has 76 valence electrons. The second kappa shape index (κ2) is 4.16. The van der Waals surface area contributed by atoms with E-state index in [1.54, 1.807) is 6.20 Å². The van der Waals surface area contributed by atoms with Crippen LogP contribution in [0.5, 0.6) is 0 Å². The molecule has 14 heavy (non-hydrogen) atoms. The summed E-state index contributed by atoms with van der Waals surface area (Å²) in [6.45, 7) is 3.60. The molecule has 1 aromatic rings. The van der Waals surface area contributed by atoms with Gasteiger partial charge in [-0.2, -0.15) is 0 Å². The van der Waals surface area contributed by atoms with Crippen molar-refractivity contribution in [1.82, 2.24) is 20.7 Å². The number of ether oxygens (including phenoxy) is 1. The van der Waals surface area contributed by atoms with Crippen molar-refractivity contribution in [2.75, 3.05) is 13.1 Å². The predicted octanol–water partition coefficient (Wildman–Crippen LogP) is 0.574. The lowest BCUT2D eigenvalue weighted by Gasteiger charge is -2.28. The third-order valence-corrected chi connectivity index (χ3v) is 2.42. The van der Waals surface area contributed by atoms with E-state index in [2.05, 4.69) is 20.7 Å². The third-order valence-electron chi connectivity index (χ3n) is 2.12. The van der Waals surface area contributed by atoms with E-state index in [0.29, 0.717) is 5.15 Å². The molecule has 0 saturated carbocycles. The van der Waals surface area contributed by atoms with E-state index >= 15 is 0 Å². The van der Waals surface area contributed by atoms with Gasteiger partial charge in [-0.1, -0.05) is 11.6 Å². The molecule has 1 aromatic heterocycles. The van der Waals surface area contributed by atoms with E-state index in [1.807, 2.05) is 6.92 Å². The van der Waals surface area contributed by atoms with Crippen molar-refractivity contribution in [2.24, 2.45) is 0 Å². The number of hydrogen-bond donors (Lipinski definition) is 1. The average molecular weight is 215 g/mol. The maximum atomic E-state index is 5.88. The van der Waals surface area contributed by atoms with Gasteiger partial charge in [0.05, 0.1) is 18.4 Å². The van der Waals surface area contributed by atoms with Crippen molar-refractivity contribution in [3.05, 3.63) is 16.9 Å². The van der Waals surface area contributed by atoms with Gasteiger partial charge in [-0.3, -0.25) is 0 Å². The third kappa shape index (κ3) is 2.00. The molecule has 0 aromatic carbocycles. The SMILES string of the molecule is CC1CNCC(c2cnnnc2Cl)O1. The zero-order valence-electron chi connectivity index (χ0n) is 7.77. The van der Waals surface area contributed by atoms with E-state index in [-0.39, 0.29) is 12.2 Å². The van der Waals surface area contributed by atoms with E-state index in [9.17, 15) is 0 Å². The van der Waals surface area contributed by atoms with Gasteiger partial charge in [0.1, 0.15) is 0 Å². The summed E-state index contributed by atoms with van der Waals surface area (Å²) >= 11 is 5.88. The highest BCUT2D eigenvalue weighted by Crippen LogP contribution is 2.24. The van der Waals surface area contributed by atoms with Crippen LogP contribution in [0.1, 0.15) is 18.6 Å². The number of hydrogen-bond acceptors (Lipinski definition) is 5. The van der Waals surface area contributed by atoms with Crippen LogP contribution in [0.3, 0.4) is 0 Å². The van der Waals surface area contributed by atoms with Crippen LogP contribution in [0.2, 0.25) is 5.15 Å². The molecule has 0 bridgehead atoms. The van der Waals surface area contributed by atoms with Gasteiger partial charge in [-0.25, -0.2) is 0 Å². The van der Waals surface area contributed by atoms with Gasteiger partial charge in [0, 0.05) is 18.7 Å². The number of rotatable bonds is 1. The van der Waals surface area contributed by atoms with E-state index in [4.69, 9.17) is 16.3 Å². The standard InChI is InChI=1S/C8H11ClN4O/c1-5-2-10-4-7(14-5)6-3-11-13-12-8(6)9/h3,5,7,10H,2,4H2,1H3. The Labute approximate surface area is 86.8 Å². The highest BCUT2D eigenvalue weighted by Gasteiger charge is 2.23. The van der Waals surface area contributed by atoms with Crippen LogP contribution in [-0.2, 0) is 4.74 Å². The maximum absolute atomic E-state index is 5.88. The molecular formula is C8H11ClN4O. The summed E-state index contributed by atoms with van der Waals surface area (Å²) in [5.41, 5.74) is 0.792. The number of morpholine rings is 1. The molecule has 6 heteroatoms. The Balaban J connectivity index is 2.18. The summed E-state index contributed by atoms with van der Waals surface area (Å²) in [7, 11) is 0. The first kappa shape index (κ1) is 9.76. The van der Waals surface area contributed by atoms with E-state index in [1.165, 1.54) is 0 Å². The Morgan fingerprint density at radius 2 is 2.43 bits per heavy atom. The molecule has 5 nitrogen and oxygen atoms in total. The quantitative estimate of drug-likeness (QED) is 0.741. The van der Waals surface area contributed by atoms with Crippen molar-refractivity contribution < 1.29 is 4.74 Å². The second-order valence-corrected chi connectivity index (χ2v) is 3.63. The lowest BCUT2D eigenvalue weighted by Crippen LogP contribution is -2.39. The number of nitrogens with zero attached hydrogens (tertiary/aromatic N) is 3. The number of nitrogens with one attached hydrogen (secondary N) is 1. The molecule has 0 spiro atoms. The van der Waals surface area contributed by atoms with E-state index in [0.717, 1.165) is 18.7 Å². The predicted molar refractivity (Wildman–Crippen MR) is 51.0 cm³/mol. The second-order valence-electron chi connectivity index (χ2n) is 3.27. The fraction of sp³-hybridized carbons (Fsp3) is 0.625. The summed E-state index contributed by atoms with van der Waals surface area (Å²) < 4.78 is 5.70. The van der Waals surface area contributed by atoms with Crippen LogP contribution in [0.25, 0.3) is 0 Å². The van der Waals surface area contributed by atoms with Gasteiger partial charge in [-0.05, 0) is 12.1 Å². The molecule has 2 rings (SSSR count). The first-order valence-electron chi connectivity index (χ1n) is 4.47. The van der Waals surface area contributed by atoms with Crippen LogP contribution in [0.4, 0.5) is 0 Å². The normalized spacial score (nSPS) is 27.6. The molecule has 1 fully saturated rings. The fourth-order valence-corrected chi connectivity index (χ4v) is 1.66.